The van der Waals surface area contributed by atoms with Gasteiger partial charge in [-0.3, -0.25) is 0 Å². The van der Waals surface area contributed by atoms with Gasteiger partial charge in [-0.15, -0.1) is 0 Å². The van der Waals surface area contributed by atoms with Gasteiger partial charge in [-0.2, -0.15) is 0 Å². The predicted molar refractivity (Wildman–Crippen MR) is 92.0 cm³/mol. The number of pyridine rings is 1. The molecule has 5 heteroatoms. The summed E-state index contributed by atoms with van der Waals surface area (Å²) in [6.45, 7) is 1.97. The fraction of sp³-hybridized carbons (Fsp3) is 0.158. The number of benzene rings is 2. The van der Waals surface area contributed by atoms with Crippen LogP contribution in [0.5, 0.6) is 11.5 Å². The molecule has 0 fully saturated rings. The molecule has 0 unspecified atom stereocenters. The average molecular weight is 323 g/mol. The SMILES string of the molecule is COc1ccc2nc(-c3cc(C)ccc3OC)cc(C(=O)O)c2c1. The number of hydrogen-bond donors (Lipinski definition) is 1. The Hall–Kier alpha value is -3.08. The molecule has 0 radical (unpaired) electrons. The molecule has 0 spiro atoms. The third-order valence-electron chi connectivity index (χ3n) is 3.88. The lowest BCUT2D eigenvalue weighted by molar-refractivity contribution is 0.0699. The van der Waals surface area contributed by atoms with Crippen LogP contribution in [0.25, 0.3) is 22.2 Å². The van der Waals surface area contributed by atoms with Crippen LogP contribution in [0.15, 0.2) is 42.5 Å². The summed E-state index contributed by atoms with van der Waals surface area (Å²) in [5, 5.41) is 10.1. The Morgan fingerprint density at radius 2 is 1.83 bits per heavy atom. The normalized spacial score (nSPS) is 10.6. The number of hydrogen-bond acceptors (Lipinski definition) is 4. The molecule has 0 aliphatic rings. The molecule has 0 bridgehead atoms. The Bertz CT molecular complexity index is 934. The second-order valence-electron chi connectivity index (χ2n) is 5.45. The molecule has 24 heavy (non-hydrogen) atoms. The molecule has 0 aliphatic heterocycles. The molecule has 0 aliphatic carbocycles. The van der Waals surface area contributed by atoms with Crippen molar-refractivity contribution in [2.45, 2.75) is 6.92 Å². The zero-order valence-electron chi connectivity index (χ0n) is 13.7. The van der Waals surface area contributed by atoms with Crippen LogP contribution in [0.4, 0.5) is 0 Å². The Labute approximate surface area is 139 Å². The fourth-order valence-corrected chi connectivity index (χ4v) is 2.67. The molecule has 0 amide bonds. The number of ether oxygens (including phenoxy) is 2. The molecule has 5 nitrogen and oxygen atoms in total. The van der Waals surface area contributed by atoms with Gasteiger partial charge < -0.3 is 14.6 Å². The summed E-state index contributed by atoms with van der Waals surface area (Å²) in [6, 6.07) is 12.5. The Kier molecular flexibility index (Phi) is 4.08. The second kappa shape index (κ2) is 6.20. The highest BCUT2D eigenvalue weighted by atomic mass is 16.5. The van der Waals surface area contributed by atoms with Gasteiger partial charge in [-0.1, -0.05) is 11.6 Å². The van der Waals surface area contributed by atoms with Crippen LogP contribution < -0.4 is 9.47 Å². The largest absolute Gasteiger partial charge is 0.497 e. The summed E-state index contributed by atoms with van der Waals surface area (Å²) in [5.41, 5.74) is 3.13. The molecule has 1 heterocycles. The third-order valence-corrected chi connectivity index (χ3v) is 3.88. The van der Waals surface area contributed by atoms with Crippen molar-refractivity contribution in [1.29, 1.82) is 0 Å². The molecule has 3 aromatic rings. The lowest BCUT2D eigenvalue weighted by Gasteiger charge is -2.12. The van der Waals surface area contributed by atoms with E-state index in [2.05, 4.69) is 4.98 Å². The summed E-state index contributed by atoms with van der Waals surface area (Å²) < 4.78 is 10.6. The number of carboxylic acids is 1. The molecule has 2 aromatic carbocycles. The van der Waals surface area contributed by atoms with E-state index in [0.29, 0.717) is 28.1 Å². The summed E-state index contributed by atoms with van der Waals surface area (Å²) in [4.78, 5) is 16.3. The first-order valence-corrected chi connectivity index (χ1v) is 7.40. The van der Waals surface area contributed by atoms with Crippen LogP contribution in [0, 0.1) is 6.92 Å². The van der Waals surface area contributed by atoms with Gasteiger partial charge in [0.2, 0.25) is 0 Å². The number of aromatic carboxylic acids is 1. The van der Waals surface area contributed by atoms with E-state index in [1.54, 1.807) is 38.5 Å². The summed E-state index contributed by atoms with van der Waals surface area (Å²) in [6.07, 6.45) is 0. The van der Waals surface area contributed by atoms with E-state index in [9.17, 15) is 9.90 Å². The van der Waals surface area contributed by atoms with E-state index in [4.69, 9.17) is 9.47 Å². The van der Waals surface area contributed by atoms with Crippen molar-refractivity contribution in [2.75, 3.05) is 14.2 Å². The van der Waals surface area contributed by atoms with E-state index >= 15 is 0 Å². The monoisotopic (exact) mass is 323 g/mol. The first kappa shape index (κ1) is 15.8. The number of rotatable bonds is 4. The Morgan fingerprint density at radius 3 is 2.50 bits per heavy atom. The number of fused-ring (bicyclic) bond motifs is 1. The maximum Gasteiger partial charge on any atom is 0.336 e. The molecular weight excluding hydrogens is 306 g/mol. The zero-order valence-corrected chi connectivity index (χ0v) is 13.7. The molecule has 0 atom stereocenters. The van der Waals surface area contributed by atoms with Gasteiger partial charge in [0.05, 0.1) is 31.0 Å². The van der Waals surface area contributed by atoms with Crippen molar-refractivity contribution < 1.29 is 19.4 Å². The number of carboxylic acid groups (broad SMARTS) is 1. The van der Waals surface area contributed by atoms with E-state index in [1.165, 1.54) is 0 Å². The van der Waals surface area contributed by atoms with Crippen molar-refractivity contribution >= 4 is 16.9 Å². The van der Waals surface area contributed by atoms with Crippen molar-refractivity contribution in [3.63, 3.8) is 0 Å². The minimum absolute atomic E-state index is 0.178. The van der Waals surface area contributed by atoms with Gasteiger partial charge in [0.25, 0.3) is 0 Å². The van der Waals surface area contributed by atoms with Gasteiger partial charge in [-0.05, 0) is 43.3 Å². The summed E-state index contributed by atoms with van der Waals surface area (Å²) in [7, 11) is 3.12. The van der Waals surface area contributed by atoms with Gasteiger partial charge in [0.15, 0.2) is 0 Å². The highest BCUT2D eigenvalue weighted by Gasteiger charge is 2.16. The van der Waals surface area contributed by atoms with E-state index in [1.807, 2.05) is 25.1 Å². The second-order valence-corrected chi connectivity index (χ2v) is 5.45. The number of aromatic nitrogens is 1. The standard InChI is InChI=1S/C19H17NO4/c1-11-4-7-18(24-3)15(8-11)17-10-14(19(21)22)13-9-12(23-2)5-6-16(13)20-17/h4-10H,1-3H3,(H,21,22). The highest BCUT2D eigenvalue weighted by Crippen LogP contribution is 2.33. The quantitative estimate of drug-likeness (QED) is 0.788. The minimum atomic E-state index is -1.01. The van der Waals surface area contributed by atoms with Gasteiger partial charge in [-0.25, -0.2) is 9.78 Å². The Balaban J connectivity index is 2.31. The van der Waals surface area contributed by atoms with E-state index < -0.39 is 5.97 Å². The summed E-state index contributed by atoms with van der Waals surface area (Å²) in [5.74, 6) is 0.230. The van der Waals surface area contributed by atoms with Crippen molar-refractivity contribution in [3.05, 3.63) is 53.6 Å². The first-order chi connectivity index (χ1) is 11.5. The maximum atomic E-state index is 11.7. The highest BCUT2D eigenvalue weighted by molar-refractivity contribution is 6.04. The molecule has 0 saturated heterocycles. The molecule has 122 valence electrons. The van der Waals surface area contributed by atoms with Gasteiger partial charge in [0.1, 0.15) is 11.5 Å². The van der Waals surface area contributed by atoms with E-state index in [0.717, 1.165) is 11.1 Å². The van der Waals surface area contributed by atoms with Crippen molar-refractivity contribution in [1.82, 2.24) is 4.98 Å². The summed E-state index contributed by atoms with van der Waals surface area (Å²) >= 11 is 0. The number of nitrogens with zero attached hydrogens (tertiary/aromatic N) is 1. The number of carbonyl (C=O) groups is 1. The first-order valence-electron chi connectivity index (χ1n) is 7.40. The topological polar surface area (TPSA) is 68.7 Å². The molecule has 0 saturated carbocycles. The smallest absolute Gasteiger partial charge is 0.336 e. The van der Waals surface area contributed by atoms with Crippen LogP contribution in [0.3, 0.4) is 0 Å². The predicted octanol–water partition coefficient (Wildman–Crippen LogP) is 3.93. The van der Waals surface area contributed by atoms with Crippen LogP contribution in [0.2, 0.25) is 0 Å². The Morgan fingerprint density at radius 1 is 1.04 bits per heavy atom. The molecule has 1 aromatic heterocycles. The fourth-order valence-electron chi connectivity index (χ4n) is 2.67. The number of aryl methyl sites for hydroxylation is 1. The lowest BCUT2D eigenvalue weighted by Crippen LogP contribution is -2.01. The third kappa shape index (κ3) is 2.76. The molecular formula is C19H17NO4. The van der Waals surface area contributed by atoms with Crippen LogP contribution in [0.1, 0.15) is 15.9 Å². The van der Waals surface area contributed by atoms with Crippen LogP contribution in [-0.4, -0.2) is 30.3 Å². The van der Waals surface area contributed by atoms with Crippen molar-refractivity contribution in [3.8, 4) is 22.8 Å². The maximum absolute atomic E-state index is 11.7. The zero-order chi connectivity index (χ0) is 17.3. The van der Waals surface area contributed by atoms with Gasteiger partial charge in [0, 0.05) is 10.9 Å². The molecule has 3 rings (SSSR count). The van der Waals surface area contributed by atoms with E-state index in [-0.39, 0.29) is 5.56 Å². The molecule has 1 N–H and O–H groups in total. The van der Waals surface area contributed by atoms with Crippen molar-refractivity contribution in [2.24, 2.45) is 0 Å². The van der Waals surface area contributed by atoms with Crippen LogP contribution in [-0.2, 0) is 0 Å². The minimum Gasteiger partial charge on any atom is -0.497 e. The van der Waals surface area contributed by atoms with Crippen LogP contribution >= 0.6 is 0 Å². The average Bonchev–Trinajstić information content (AvgIpc) is 2.60. The number of methoxy groups -OCH3 is 2. The van der Waals surface area contributed by atoms with Gasteiger partial charge >= 0.3 is 5.97 Å². The lowest BCUT2D eigenvalue weighted by atomic mass is 10.0.